The van der Waals surface area contributed by atoms with Gasteiger partial charge in [0.05, 0.1) is 44.1 Å². The van der Waals surface area contributed by atoms with Gasteiger partial charge in [0, 0.05) is 65.8 Å². The maximum Gasteiger partial charge on any atom is 0.0547 e. The van der Waals surface area contributed by atoms with Crippen molar-refractivity contribution >= 4 is 152 Å². The molecular weight excluding hydrogens is 993 g/mol. The summed E-state index contributed by atoms with van der Waals surface area (Å²) < 4.78 is 9.87. The molecule has 0 saturated carbocycles. The van der Waals surface area contributed by atoms with Gasteiger partial charge in [0.25, 0.3) is 0 Å². The van der Waals surface area contributed by atoms with E-state index in [0.29, 0.717) is 0 Å². The standard InChI is InChI=1S/C78H46N4/c1-2-18-47(19-3-1)79-75-33-17-12-28-61(75)68-42-50(36-39-76(68)79)82-77-45-66-55-37-34-48(80-71-29-13-8-24-57(71)58-25-9-14-30-72(58)80)40-62(55)51-20-4-6-22-53(51)64(66)43-69(77)70-44-65-54-23-7-5-21-52(54)63-41-49(35-38-56(63)67(65)46-78(70)82)81-73-31-15-10-26-59(73)60-27-11-16-32-74(60)81/h1-46H. The number of para-hydroxylation sites is 6. The Morgan fingerprint density at radius 3 is 0.768 bits per heavy atom. The Hall–Kier alpha value is -10.9. The van der Waals surface area contributed by atoms with E-state index in [-0.39, 0.29) is 0 Å². The molecule has 0 saturated heterocycles. The number of fused-ring (bicyclic) bond motifs is 24. The summed E-state index contributed by atoms with van der Waals surface area (Å²) in [7, 11) is 0. The Labute approximate surface area is 469 Å². The van der Waals surface area contributed by atoms with E-state index in [1.807, 2.05) is 0 Å². The lowest BCUT2D eigenvalue weighted by Crippen LogP contribution is -1.96. The second-order valence-corrected chi connectivity index (χ2v) is 22.3. The molecule has 4 aromatic heterocycles. The second kappa shape index (κ2) is 16.3. The van der Waals surface area contributed by atoms with Gasteiger partial charge in [0.2, 0.25) is 0 Å². The maximum atomic E-state index is 2.57. The van der Waals surface area contributed by atoms with E-state index in [9.17, 15) is 0 Å². The highest BCUT2D eigenvalue weighted by Crippen LogP contribution is 2.47. The van der Waals surface area contributed by atoms with Crippen LogP contribution in [-0.4, -0.2) is 18.3 Å². The molecular formula is C78H46N4. The molecule has 378 valence electrons. The monoisotopic (exact) mass is 1040 g/mol. The van der Waals surface area contributed by atoms with E-state index in [2.05, 4.69) is 297 Å². The maximum absolute atomic E-state index is 2.57. The largest absolute Gasteiger partial charge is 0.309 e. The third kappa shape index (κ3) is 5.89. The molecule has 0 aliphatic heterocycles. The normalized spacial score (nSPS) is 12.4. The van der Waals surface area contributed by atoms with Crippen LogP contribution in [0, 0.1) is 0 Å². The van der Waals surface area contributed by atoms with Crippen LogP contribution in [0.4, 0.5) is 0 Å². The molecule has 0 N–H and O–H groups in total. The molecule has 0 atom stereocenters. The zero-order valence-corrected chi connectivity index (χ0v) is 44.3. The summed E-state index contributed by atoms with van der Waals surface area (Å²) in [5, 5.41) is 24.9. The second-order valence-electron chi connectivity index (χ2n) is 22.3. The van der Waals surface area contributed by atoms with Crippen molar-refractivity contribution in [2.24, 2.45) is 0 Å². The molecule has 0 radical (unpaired) electrons. The van der Waals surface area contributed by atoms with Gasteiger partial charge in [-0.25, -0.2) is 0 Å². The van der Waals surface area contributed by atoms with Gasteiger partial charge in [-0.3, -0.25) is 0 Å². The van der Waals surface area contributed by atoms with Crippen molar-refractivity contribution in [3.63, 3.8) is 0 Å². The average Bonchev–Trinajstić information content (AvgIpc) is 2.85. The molecule has 0 spiro atoms. The number of benzene rings is 15. The van der Waals surface area contributed by atoms with E-state index < -0.39 is 0 Å². The lowest BCUT2D eigenvalue weighted by atomic mass is 9.91. The van der Waals surface area contributed by atoms with Crippen molar-refractivity contribution in [1.29, 1.82) is 0 Å². The van der Waals surface area contributed by atoms with Crippen LogP contribution in [0.1, 0.15) is 0 Å². The summed E-state index contributed by atoms with van der Waals surface area (Å²) in [5.74, 6) is 0. The van der Waals surface area contributed by atoms with Crippen molar-refractivity contribution in [2.45, 2.75) is 0 Å². The van der Waals surface area contributed by atoms with Gasteiger partial charge in [-0.2, -0.15) is 0 Å². The zero-order chi connectivity index (χ0) is 53.3. The molecule has 15 aromatic carbocycles. The molecule has 19 rings (SSSR count). The summed E-state index contributed by atoms with van der Waals surface area (Å²) in [6, 6.07) is 104. The third-order valence-corrected chi connectivity index (χ3v) is 18.3. The van der Waals surface area contributed by atoms with Crippen molar-refractivity contribution in [2.75, 3.05) is 0 Å². The van der Waals surface area contributed by atoms with Crippen LogP contribution >= 0.6 is 0 Å². The Morgan fingerprint density at radius 2 is 0.366 bits per heavy atom. The Balaban J connectivity index is 0.929. The zero-order valence-electron chi connectivity index (χ0n) is 44.3. The quantitative estimate of drug-likeness (QED) is 0.157. The van der Waals surface area contributed by atoms with Gasteiger partial charge in [-0.1, -0.05) is 170 Å². The molecule has 4 heteroatoms. The van der Waals surface area contributed by atoms with E-state index in [0.717, 1.165) is 22.7 Å². The van der Waals surface area contributed by atoms with Crippen LogP contribution in [0.15, 0.2) is 279 Å². The van der Waals surface area contributed by atoms with E-state index in [1.165, 1.54) is 152 Å². The minimum absolute atomic E-state index is 1.12. The predicted molar refractivity (Wildman–Crippen MR) is 349 cm³/mol. The van der Waals surface area contributed by atoms with Gasteiger partial charge >= 0.3 is 0 Å². The predicted octanol–water partition coefficient (Wildman–Crippen LogP) is 21.0. The average molecular weight is 1040 g/mol. The lowest BCUT2D eigenvalue weighted by Gasteiger charge is -2.15. The SMILES string of the molecule is c1ccc(-n2c3ccccc3c3cc(-n4c5cc6c7ccc(-n8c9ccccc9c9ccccc98)cc7c7ccccc7c6cc5c5cc6c7ccccc7c7cc(-n8c9ccccc9c9ccccc98)ccc7c6cc54)ccc32)cc1. The molecule has 0 amide bonds. The number of aromatic nitrogens is 4. The molecule has 19 aromatic rings. The highest BCUT2D eigenvalue weighted by molar-refractivity contribution is 6.32. The van der Waals surface area contributed by atoms with Crippen molar-refractivity contribution < 1.29 is 0 Å². The molecule has 0 bridgehead atoms. The number of rotatable bonds is 4. The molecule has 4 heterocycles. The highest BCUT2D eigenvalue weighted by atomic mass is 15.0. The first-order valence-corrected chi connectivity index (χ1v) is 28.4. The molecule has 0 aliphatic rings. The molecule has 82 heavy (non-hydrogen) atoms. The highest BCUT2D eigenvalue weighted by Gasteiger charge is 2.23. The van der Waals surface area contributed by atoms with Gasteiger partial charge < -0.3 is 18.3 Å². The minimum Gasteiger partial charge on any atom is -0.309 e. The first-order chi connectivity index (χ1) is 40.7. The van der Waals surface area contributed by atoms with Crippen LogP contribution in [0.25, 0.3) is 175 Å². The summed E-state index contributed by atoms with van der Waals surface area (Å²) in [4.78, 5) is 0. The van der Waals surface area contributed by atoms with Gasteiger partial charge in [0.1, 0.15) is 0 Å². The fourth-order valence-electron chi connectivity index (χ4n) is 14.8. The number of nitrogens with zero attached hydrogens (tertiary/aromatic N) is 4. The van der Waals surface area contributed by atoms with Crippen LogP contribution in [-0.2, 0) is 0 Å². The van der Waals surface area contributed by atoms with Gasteiger partial charge in [0.15, 0.2) is 0 Å². The van der Waals surface area contributed by atoms with Gasteiger partial charge in [-0.15, -0.1) is 0 Å². The smallest absolute Gasteiger partial charge is 0.0547 e. The number of hydrogen-bond donors (Lipinski definition) is 0. The van der Waals surface area contributed by atoms with Crippen LogP contribution in [0.3, 0.4) is 0 Å². The van der Waals surface area contributed by atoms with Crippen molar-refractivity contribution in [1.82, 2.24) is 18.3 Å². The summed E-state index contributed by atoms with van der Waals surface area (Å²) in [5.41, 5.74) is 14.1. The summed E-state index contributed by atoms with van der Waals surface area (Å²) >= 11 is 0. The summed E-state index contributed by atoms with van der Waals surface area (Å²) in [6.45, 7) is 0. The molecule has 4 nitrogen and oxygen atoms in total. The van der Waals surface area contributed by atoms with Crippen LogP contribution in [0.5, 0.6) is 0 Å². The van der Waals surface area contributed by atoms with E-state index in [4.69, 9.17) is 0 Å². The summed E-state index contributed by atoms with van der Waals surface area (Å²) in [6.07, 6.45) is 0. The first kappa shape index (κ1) is 44.0. The van der Waals surface area contributed by atoms with Crippen molar-refractivity contribution in [3.05, 3.63) is 279 Å². The number of hydrogen-bond acceptors (Lipinski definition) is 0. The first-order valence-electron chi connectivity index (χ1n) is 28.4. The van der Waals surface area contributed by atoms with Crippen LogP contribution < -0.4 is 0 Å². The van der Waals surface area contributed by atoms with Crippen LogP contribution in [0.2, 0.25) is 0 Å². The van der Waals surface area contributed by atoms with Gasteiger partial charge in [-0.05, 0) is 174 Å². The molecule has 0 unspecified atom stereocenters. The lowest BCUT2D eigenvalue weighted by molar-refractivity contribution is 1.17. The fraction of sp³-hybridized carbons (Fsp3) is 0. The fourth-order valence-corrected chi connectivity index (χ4v) is 14.8. The Bertz CT molecular complexity index is 5610. The minimum atomic E-state index is 1.12. The molecule has 0 aliphatic carbocycles. The van der Waals surface area contributed by atoms with E-state index in [1.54, 1.807) is 0 Å². The third-order valence-electron chi connectivity index (χ3n) is 18.3. The van der Waals surface area contributed by atoms with Crippen molar-refractivity contribution in [3.8, 4) is 22.7 Å². The topological polar surface area (TPSA) is 19.7 Å². The Kier molecular flexibility index (Phi) is 8.76. The Morgan fingerprint density at radius 1 is 0.122 bits per heavy atom. The van der Waals surface area contributed by atoms with E-state index >= 15 is 0 Å². The molecule has 0 fully saturated rings.